The Bertz CT molecular complexity index is 313. The maximum atomic E-state index is 9.45. The lowest BCUT2D eigenvalue weighted by molar-refractivity contribution is 0.180. The quantitative estimate of drug-likeness (QED) is 0.667. The van der Waals surface area contributed by atoms with Crippen LogP contribution in [0.15, 0.2) is 30.3 Å². The molecular formula is C11H12O. The molecule has 0 saturated carbocycles. The molecular weight excluding hydrogens is 148 g/mol. The summed E-state index contributed by atoms with van der Waals surface area (Å²) in [4.78, 5) is 0. The number of fused-ring (bicyclic) bond motifs is 1. The van der Waals surface area contributed by atoms with Gasteiger partial charge < -0.3 is 5.11 Å². The van der Waals surface area contributed by atoms with Crippen LogP contribution in [0.5, 0.6) is 0 Å². The predicted molar refractivity (Wildman–Crippen MR) is 49.9 cm³/mol. The summed E-state index contributed by atoms with van der Waals surface area (Å²) in [6.45, 7) is 1.83. The second kappa shape index (κ2) is 2.76. The van der Waals surface area contributed by atoms with Crippen molar-refractivity contribution in [3.05, 3.63) is 41.5 Å². The minimum atomic E-state index is -0.287. The molecule has 0 spiro atoms. The zero-order valence-corrected chi connectivity index (χ0v) is 7.07. The summed E-state index contributed by atoms with van der Waals surface area (Å²) in [5.74, 6) is 0.196. The molecule has 2 atom stereocenters. The Morgan fingerprint density at radius 2 is 2.08 bits per heavy atom. The topological polar surface area (TPSA) is 20.2 Å². The maximum absolute atomic E-state index is 9.45. The van der Waals surface area contributed by atoms with Gasteiger partial charge in [-0.3, -0.25) is 0 Å². The van der Waals surface area contributed by atoms with Gasteiger partial charge in [-0.05, 0) is 18.1 Å². The zero-order valence-electron chi connectivity index (χ0n) is 7.07. The van der Waals surface area contributed by atoms with E-state index in [2.05, 4.69) is 24.3 Å². The Balaban J connectivity index is 2.42. The highest BCUT2D eigenvalue weighted by Crippen LogP contribution is 2.31. The summed E-state index contributed by atoms with van der Waals surface area (Å²) in [6.07, 6.45) is 3.85. The molecule has 0 fully saturated rings. The summed E-state index contributed by atoms with van der Waals surface area (Å²) in [7, 11) is 0. The van der Waals surface area contributed by atoms with Crippen molar-refractivity contribution in [3.63, 3.8) is 0 Å². The fourth-order valence-corrected chi connectivity index (χ4v) is 1.70. The number of hydrogen-bond donors (Lipinski definition) is 1. The summed E-state index contributed by atoms with van der Waals surface area (Å²) in [5, 5.41) is 9.45. The van der Waals surface area contributed by atoms with E-state index in [-0.39, 0.29) is 12.0 Å². The number of hydrogen-bond acceptors (Lipinski definition) is 1. The van der Waals surface area contributed by atoms with Gasteiger partial charge in [0.05, 0.1) is 6.10 Å². The molecule has 1 aromatic rings. The zero-order chi connectivity index (χ0) is 8.55. The van der Waals surface area contributed by atoms with Crippen LogP contribution in [0.3, 0.4) is 0 Å². The SMILES string of the molecule is C[C@@H](O)[C@@H]1C=Cc2ccccc21. The molecule has 0 aromatic heterocycles. The van der Waals surface area contributed by atoms with Gasteiger partial charge in [-0.15, -0.1) is 0 Å². The number of benzene rings is 1. The van der Waals surface area contributed by atoms with Crippen LogP contribution in [0.2, 0.25) is 0 Å². The highest BCUT2D eigenvalue weighted by atomic mass is 16.3. The van der Waals surface area contributed by atoms with E-state index in [0.717, 1.165) is 0 Å². The van der Waals surface area contributed by atoms with Crippen LogP contribution in [-0.4, -0.2) is 11.2 Å². The molecule has 0 unspecified atom stereocenters. The Morgan fingerprint density at radius 3 is 2.83 bits per heavy atom. The van der Waals surface area contributed by atoms with Gasteiger partial charge in [-0.25, -0.2) is 0 Å². The third-order valence-corrected chi connectivity index (χ3v) is 2.36. The molecule has 0 aliphatic heterocycles. The van der Waals surface area contributed by atoms with Gasteiger partial charge in [0.2, 0.25) is 0 Å². The lowest BCUT2D eigenvalue weighted by atomic mass is 9.96. The van der Waals surface area contributed by atoms with Crippen LogP contribution in [0.4, 0.5) is 0 Å². The third-order valence-electron chi connectivity index (χ3n) is 2.36. The molecule has 0 heterocycles. The Kier molecular flexibility index (Phi) is 1.74. The van der Waals surface area contributed by atoms with E-state index >= 15 is 0 Å². The van der Waals surface area contributed by atoms with E-state index in [1.54, 1.807) is 0 Å². The molecule has 1 heteroatoms. The second-order valence-corrected chi connectivity index (χ2v) is 3.25. The van der Waals surface area contributed by atoms with Gasteiger partial charge in [-0.2, -0.15) is 0 Å². The fourth-order valence-electron chi connectivity index (χ4n) is 1.70. The fraction of sp³-hybridized carbons (Fsp3) is 0.273. The maximum Gasteiger partial charge on any atom is 0.0615 e. The van der Waals surface area contributed by atoms with E-state index in [1.807, 2.05) is 19.1 Å². The summed E-state index contributed by atoms with van der Waals surface area (Å²) in [6, 6.07) is 8.19. The molecule has 2 rings (SSSR count). The first kappa shape index (κ1) is 7.56. The lowest BCUT2D eigenvalue weighted by Gasteiger charge is -2.13. The minimum Gasteiger partial charge on any atom is -0.392 e. The average molecular weight is 160 g/mol. The normalized spacial score (nSPS) is 22.3. The average Bonchev–Trinajstić information content (AvgIpc) is 2.47. The molecule has 0 bridgehead atoms. The van der Waals surface area contributed by atoms with E-state index < -0.39 is 0 Å². The van der Waals surface area contributed by atoms with Crippen molar-refractivity contribution in [3.8, 4) is 0 Å². The highest BCUT2D eigenvalue weighted by Gasteiger charge is 2.20. The first-order valence-corrected chi connectivity index (χ1v) is 4.24. The number of aliphatic hydroxyl groups is 1. The molecule has 1 aliphatic carbocycles. The molecule has 62 valence electrons. The van der Waals surface area contributed by atoms with E-state index in [1.165, 1.54) is 11.1 Å². The van der Waals surface area contributed by atoms with Crippen LogP contribution >= 0.6 is 0 Å². The molecule has 0 radical (unpaired) electrons. The lowest BCUT2D eigenvalue weighted by Crippen LogP contribution is -2.10. The van der Waals surface area contributed by atoms with Gasteiger partial charge in [0.15, 0.2) is 0 Å². The number of rotatable bonds is 1. The molecule has 12 heavy (non-hydrogen) atoms. The van der Waals surface area contributed by atoms with Crippen LogP contribution in [0, 0.1) is 0 Å². The molecule has 1 nitrogen and oxygen atoms in total. The summed E-state index contributed by atoms with van der Waals surface area (Å²) < 4.78 is 0. The van der Waals surface area contributed by atoms with Crippen molar-refractivity contribution >= 4 is 6.08 Å². The van der Waals surface area contributed by atoms with Crippen LogP contribution in [0.1, 0.15) is 24.0 Å². The van der Waals surface area contributed by atoms with E-state index in [0.29, 0.717) is 0 Å². The first-order valence-electron chi connectivity index (χ1n) is 4.24. The van der Waals surface area contributed by atoms with Crippen molar-refractivity contribution in [2.24, 2.45) is 0 Å². The number of aliphatic hydroxyl groups excluding tert-OH is 1. The van der Waals surface area contributed by atoms with Crippen molar-refractivity contribution in [2.75, 3.05) is 0 Å². The van der Waals surface area contributed by atoms with Crippen LogP contribution in [-0.2, 0) is 0 Å². The van der Waals surface area contributed by atoms with E-state index in [4.69, 9.17) is 0 Å². The Morgan fingerprint density at radius 1 is 1.33 bits per heavy atom. The van der Waals surface area contributed by atoms with E-state index in [9.17, 15) is 5.11 Å². The van der Waals surface area contributed by atoms with Crippen LogP contribution < -0.4 is 0 Å². The highest BCUT2D eigenvalue weighted by molar-refractivity contribution is 5.62. The van der Waals surface area contributed by atoms with Gasteiger partial charge >= 0.3 is 0 Å². The largest absolute Gasteiger partial charge is 0.392 e. The smallest absolute Gasteiger partial charge is 0.0615 e. The second-order valence-electron chi connectivity index (χ2n) is 3.25. The van der Waals surface area contributed by atoms with Gasteiger partial charge in [0.25, 0.3) is 0 Å². The summed E-state index contributed by atoms with van der Waals surface area (Å²) >= 11 is 0. The van der Waals surface area contributed by atoms with Crippen molar-refractivity contribution in [1.29, 1.82) is 0 Å². The minimum absolute atomic E-state index is 0.196. The molecule has 0 amide bonds. The van der Waals surface area contributed by atoms with Crippen molar-refractivity contribution in [2.45, 2.75) is 18.9 Å². The summed E-state index contributed by atoms with van der Waals surface area (Å²) in [5.41, 5.74) is 2.48. The Hall–Kier alpha value is -1.08. The monoisotopic (exact) mass is 160 g/mol. The molecule has 0 saturated heterocycles. The van der Waals surface area contributed by atoms with Gasteiger partial charge in [0.1, 0.15) is 0 Å². The first-order chi connectivity index (χ1) is 5.79. The molecule has 1 N–H and O–H groups in total. The standard InChI is InChI=1S/C11H12O/c1-8(12)10-7-6-9-4-2-3-5-11(9)10/h2-8,10,12H,1H3/t8-,10+/m1/s1. The Labute approximate surface area is 72.4 Å². The van der Waals surface area contributed by atoms with Crippen molar-refractivity contribution < 1.29 is 5.11 Å². The predicted octanol–water partition coefficient (Wildman–Crippen LogP) is 2.18. The van der Waals surface area contributed by atoms with Crippen molar-refractivity contribution in [1.82, 2.24) is 0 Å². The van der Waals surface area contributed by atoms with Gasteiger partial charge in [0, 0.05) is 5.92 Å². The molecule has 1 aromatic carbocycles. The van der Waals surface area contributed by atoms with Crippen LogP contribution in [0.25, 0.3) is 6.08 Å². The molecule has 1 aliphatic rings. The third kappa shape index (κ3) is 1.07. The van der Waals surface area contributed by atoms with Gasteiger partial charge in [-0.1, -0.05) is 36.4 Å².